The van der Waals surface area contributed by atoms with E-state index in [1.807, 2.05) is 0 Å². The van der Waals surface area contributed by atoms with E-state index in [9.17, 15) is 18.0 Å². The molecule has 0 aliphatic heterocycles. The van der Waals surface area contributed by atoms with E-state index < -0.39 is 18.6 Å². The summed E-state index contributed by atoms with van der Waals surface area (Å²) in [5, 5.41) is 8.51. The first kappa shape index (κ1) is 12.2. The first-order chi connectivity index (χ1) is 7.42. The van der Waals surface area contributed by atoms with Gasteiger partial charge in [-0.3, -0.25) is 4.79 Å². The Balaban J connectivity index is 2.59. The third kappa shape index (κ3) is 3.71. The van der Waals surface area contributed by atoms with Gasteiger partial charge in [0.05, 0.1) is 7.11 Å². The van der Waals surface area contributed by atoms with Crippen LogP contribution >= 0.6 is 0 Å². The third-order valence-corrected chi connectivity index (χ3v) is 1.53. The number of nitrogens with one attached hydrogen (secondary N) is 1. The van der Waals surface area contributed by atoms with E-state index in [-0.39, 0.29) is 11.6 Å². The van der Waals surface area contributed by atoms with Gasteiger partial charge in [0.2, 0.25) is 5.88 Å². The van der Waals surface area contributed by atoms with Gasteiger partial charge in [0.25, 0.3) is 5.91 Å². The number of nitrogens with zero attached hydrogens (tertiary/aromatic N) is 2. The van der Waals surface area contributed by atoms with Crippen molar-refractivity contribution in [1.29, 1.82) is 0 Å². The number of rotatable bonds is 3. The summed E-state index contributed by atoms with van der Waals surface area (Å²) in [4.78, 5) is 11.1. The first-order valence-corrected chi connectivity index (χ1v) is 4.15. The lowest BCUT2D eigenvalue weighted by atomic mass is 10.3. The van der Waals surface area contributed by atoms with Crippen molar-refractivity contribution in [2.75, 3.05) is 13.7 Å². The quantitative estimate of drug-likeness (QED) is 0.840. The molecule has 0 radical (unpaired) electrons. The average Bonchev–Trinajstić information content (AvgIpc) is 2.25. The van der Waals surface area contributed by atoms with Gasteiger partial charge in [-0.1, -0.05) is 0 Å². The molecule has 1 amide bonds. The summed E-state index contributed by atoms with van der Waals surface area (Å²) in [6.45, 7) is -1.40. The van der Waals surface area contributed by atoms with Crippen molar-refractivity contribution in [3.63, 3.8) is 0 Å². The molecule has 8 heteroatoms. The highest BCUT2D eigenvalue weighted by atomic mass is 19.4. The predicted molar refractivity (Wildman–Crippen MR) is 47.0 cm³/mol. The van der Waals surface area contributed by atoms with Gasteiger partial charge in [-0.25, -0.2) is 0 Å². The first-order valence-electron chi connectivity index (χ1n) is 4.15. The van der Waals surface area contributed by atoms with Crippen LogP contribution in [0.1, 0.15) is 10.5 Å². The number of carbonyl (C=O) groups excluding carboxylic acids is 1. The molecule has 0 saturated heterocycles. The molecule has 0 saturated carbocycles. The molecule has 1 aromatic rings. The van der Waals surface area contributed by atoms with E-state index in [1.54, 1.807) is 5.32 Å². The molecule has 16 heavy (non-hydrogen) atoms. The standard InChI is InChI=1S/C8H8F3N3O2/c1-16-6-3-2-5(13-14-6)7(15)12-4-8(9,10)11/h2-3H,4H2,1H3,(H,12,15). The molecule has 1 N–H and O–H groups in total. The van der Waals surface area contributed by atoms with Crippen LogP contribution < -0.4 is 10.1 Å². The van der Waals surface area contributed by atoms with E-state index in [4.69, 9.17) is 0 Å². The number of carbonyl (C=O) groups is 1. The molecule has 1 rings (SSSR count). The van der Waals surface area contributed by atoms with E-state index in [2.05, 4.69) is 14.9 Å². The lowest BCUT2D eigenvalue weighted by molar-refractivity contribution is -0.123. The van der Waals surface area contributed by atoms with E-state index in [0.29, 0.717) is 0 Å². The van der Waals surface area contributed by atoms with Crippen LogP contribution in [0.5, 0.6) is 5.88 Å². The van der Waals surface area contributed by atoms with Crippen LogP contribution in [0.25, 0.3) is 0 Å². The molecule has 0 atom stereocenters. The Morgan fingerprint density at radius 3 is 2.56 bits per heavy atom. The van der Waals surface area contributed by atoms with Crippen LogP contribution in [0.2, 0.25) is 0 Å². The fourth-order valence-corrected chi connectivity index (χ4v) is 0.821. The highest BCUT2D eigenvalue weighted by molar-refractivity contribution is 5.92. The van der Waals surface area contributed by atoms with Gasteiger partial charge < -0.3 is 10.1 Å². The fraction of sp³-hybridized carbons (Fsp3) is 0.375. The van der Waals surface area contributed by atoms with Crippen LogP contribution in [0, 0.1) is 0 Å². The van der Waals surface area contributed by atoms with Gasteiger partial charge in [0, 0.05) is 6.07 Å². The molecule has 0 unspecified atom stereocenters. The Bertz CT molecular complexity index is 364. The number of alkyl halides is 3. The van der Waals surface area contributed by atoms with Gasteiger partial charge in [0.1, 0.15) is 6.54 Å². The Hall–Kier alpha value is -1.86. The molecule has 0 fully saturated rings. The van der Waals surface area contributed by atoms with Crippen molar-refractivity contribution in [3.05, 3.63) is 17.8 Å². The highest BCUT2D eigenvalue weighted by Gasteiger charge is 2.28. The second kappa shape index (κ2) is 4.77. The van der Waals surface area contributed by atoms with Crippen LogP contribution in [0.4, 0.5) is 13.2 Å². The zero-order valence-electron chi connectivity index (χ0n) is 8.21. The number of hydrogen-bond donors (Lipinski definition) is 1. The molecule has 5 nitrogen and oxygen atoms in total. The van der Waals surface area contributed by atoms with E-state index in [1.165, 1.54) is 19.2 Å². The molecule has 1 aromatic heterocycles. The zero-order valence-corrected chi connectivity index (χ0v) is 8.21. The van der Waals surface area contributed by atoms with Crippen LogP contribution in [0.15, 0.2) is 12.1 Å². The molecule has 0 bridgehead atoms. The van der Waals surface area contributed by atoms with Gasteiger partial charge in [-0.2, -0.15) is 13.2 Å². The maximum Gasteiger partial charge on any atom is 0.405 e. The van der Waals surface area contributed by atoms with Crippen molar-refractivity contribution in [3.8, 4) is 5.88 Å². The molecule has 0 aliphatic rings. The van der Waals surface area contributed by atoms with Crippen LogP contribution in [-0.2, 0) is 0 Å². The normalized spacial score (nSPS) is 11.0. The summed E-state index contributed by atoms with van der Waals surface area (Å²) < 4.78 is 40.0. The molecule has 0 aromatic carbocycles. The summed E-state index contributed by atoms with van der Waals surface area (Å²) in [6, 6.07) is 2.55. The second-order valence-corrected chi connectivity index (χ2v) is 2.76. The summed E-state index contributed by atoms with van der Waals surface area (Å²) in [5.74, 6) is -0.764. The largest absolute Gasteiger partial charge is 0.480 e. The highest BCUT2D eigenvalue weighted by Crippen LogP contribution is 2.12. The van der Waals surface area contributed by atoms with Crippen molar-refractivity contribution < 1.29 is 22.7 Å². The van der Waals surface area contributed by atoms with Crippen molar-refractivity contribution in [1.82, 2.24) is 15.5 Å². The minimum Gasteiger partial charge on any atom is -0.480 e. The van der Waals surface area contributed by atoms with Crippen LogP contribution in [0.3, 0.4) is 0 Å². The lowest BCUT2D eigenvalue weighted by Crippen LogP contribution is -2.34. The maximum atomic E-state index is 11.8. The third-order valence-electron chi connectivity index (χ3n) is 1.53. The molecular formula is C8H8F3N3O2. The van der Waals surface area contributed by atoms with Crippen LogP contribution in [-0.4, -0.2) is 35.9 Å². The van der Waals surface area contributed by atoms with Gasteiger partial charge >= 0.3 is 6.18 Å². The molecule has 0 aliphatic carbocycles. The fourth-order valence-electron chi connectivity index (χ4n) is 0.821. The Labute approximate surface area is 88.6 Å². The summed E-state index contributed by atoms with van der Waals surface area (Å²) >= 11 is 0. The molecule has 0 spiro atoms. The smallest absolute Gasteiger partial charge is 0.405 e. The minimum absolute atomic E-state index is 0.173. The molecular weight excluding hydrogens is 227 g/mol. The van der Waals surface area contributed by atoms with E-state index >= 15 is 0 Å². The SMILES string of the molecule is COc1ccc(C(=O)NCC(F)(F)F)nn1. The van der Waals surface area contributed by atoms with Gasteiger partial charge in [0.15, 0.2) is 5.69 Å². The van der Waals surface area contributed by atoms with Crippen molar-refractivity contribution >= 4 is 5.91 Å². The monoisotopic (exact) mass is 235 g/mol. The summed E-state index contributed by atoms with van der Waals surface area (Å²) in [7, 11) is 1.35. The number of halogens is 3. The Kier molecular flexibility index (Phi) is 3.64. The zero-order chi connectivity index (χ0) is 12.2. The van der Waals surface area contributed by atoms with Crippen molar-refractivity contribution in [2.24, 2.45) is 0 Å². The maximum absolute atomic E-state index is 11.8. The lowest BCUT2D eigenvalue weighted by Gasteiger charge is -2.07. The average molecular weight is 235 g/mol. The summed E-state index contributed by atoms with van der Waals surface area (Å²) in [5.41, 5.74) is -0.204. The van der Waals surface area contributed by atoms with E-state index in [0.717, 1.165) is 0 Å². The second-order valence-electron chi connectivity index (χ2n) is 2.76. The number of amides is 1. The van der Waals surface area contributed by atoms with Crippen molar-refractivity contribution in [2.45, 2.75) is 6.18 Å². The topological polar surface area (TPSA) is 64.1 Å². The Morgan fingerprint density at radius 1 is 1.44 bits per heavy atom. The number of ether oxygens (including phenoxy) is 1. The summed E-state index contributed by atoms with van der Waals surface area (Å²) in [6.07, 6.45) is -4.45. The number of methoxy groups -OCH3 is 1. The molecule has 1 heterocycles. The number of hydrogen-bond acceptors (Lipinski definition) is 4. The van der Waals surface area contributed by atoms with Gasteiger partial charge in [-0.15, -0.1) is 10.2 Å². The molecule has 88 valence electrons. The van der Waals surface area contributed by atoms with Gasteiger partial charge in [-0.05, 0) is 6.07 Å². The Morgan fingerprint density at radius 2 is 2.12 bits per heavy atom. The number of aromatic nitrogens is 2. The minimum atomic E-state index is -4.45. The predicted octanol–water partition coefficient (Wildman–Crippen LogP) is 0.777.